The van der Waals surface area contributed by atoms with Crippen LogP contribution in [0.25, 0.3) is 0 Å². The number of nitrogens with one attached hydrogen (secondary N) is 1. The molecule has 3 nitrogen and oxygen atoms in total. The number of Topliss-reactive ketones (excluding diaryl/α,β-unsaturated/α-hetero) is 1. The Morgan fingerprint density at radius 2 is 1.86 bits per heavy atom. The van der Waals surface area contributed by atoms with Crippen LogP contribution in [0.1, 0.15) is 55.3 Å². The van der Waals surface area contributed by atoms with Crippen LogP contribution in [-0.4, -0.2) is 18.2 Å². The van der Waals surface area contributed by atoms with Crippen molar-refractivity contribution in [3.05, 3.63) is 46.5 Å². The Kier molecular flexibility index (Phi) is 6.66. The summed E-state index contributed by atoms with van der Waals surface area (Å²) in [7, 11) is 0. The number of hydrogen-bond acceptors (Lipinski definition) is 2. The number of rotatable bonds is 7. The molecule has 2 rings (SSSR count). The zero-order chi connectivity index (χ0) is 15.8. The van der Waals surface area contributed by atoms with Gasteiger partial charge < -0.3 is 5.32 Å². The van der Waals surface area contributed by atoms with E-state index in [4.69, 9.17) is 11.6 Å². The zero-order valence-electron chi connectivity index (χ0n) is 12.7. The highest BCUT2D eigenvalue weighted by atomic mass is 35.5. The number of carbonyl (C=O) groups is 2. The van der Waals surface area contributed by atoms with Gasteiger partial charge >= 0.3 is 0 Å². The summed E-state index contributed by atoms with van der Waals surface area (Å²) in [5.74, 6) is -0.0828. The van der Waals surface area contributed by atoms with E-state index >= 15 is 0 Å². The Balaban J connectivity index is 1.65. The molecule has 4 heteroatoms. The fourth-order valence-electron chi connectivity index (χ4n) is 2.59. The molecule has 1 amide bonds. The molecule has 1 N–H and O–H groups in total. The summed E-state index contributed by atoms with van der Waals surface area (Å²) in [6, 6.07) is 6.76. The van der Waals surface area contributed by atoms with E-state index in [9.17, 15) is 9.59 Å². The molecule has 0 saturated carbocycles. The predicted molar refractivity (Wildman–Crippen MR) is 89.2 cm³/mol. The summed E-state index contributed by atoms with van der Waals surface area (Å²) in [5, 5.41) is 3.50. The lowest BCUT2D eigenvalue weighted by atomic mass is 9.97. The van der Waals surface area contributed by atoms with Crippen LogP contribution in [0.4, 0.5) is 0 Å². The molecule has 1 aromatic carbocycles. The van der Waals surface area contributed by atoms with E-state index in [1.54, 1.807) is 24.3 Å². The van der Waals surface area contributed by atoms with E-state index in [1.165, 1.54) is 24.8 Å². The molecular weight excluding hydrogens is 298 g/mol. The van der Waals surface area contributed by atoms with E-state index < -0.39 is 0 Å². The summed E-state index contributed by atoms with van der Waals surface area (Å²) in [6.45, 7) is 0.666. The normalized spacial score (nSPS) is 14.3. The fraction of sp³-hybridized carbons (Fsp3) is 0.444. The van der Waals surface area contributed by atoms with Gasteiger partial charge in [-0.1, -0.05) is 23.3 Å². The summed E-state index contributed by atoms with van der Waals surface area (Å²) < 4.78 is 0. The number of halogens is 1. The zero-order valence-corrected chi connectivity index (χ0v) is 13.5. The summed E-state index contributed by atoms with van der Waals surface area (Å²) in [6.07, 6.45) is 8.55. The van der Waals surface area contributed by atoms with E-state index in [2.05, 4.69) is 11.4 Å². The van der Waals surface area contributed by atoms with Gasteiger partial charge in [-0.25, -0.2) is 0 Å². The Morgan fingerprint density at radius 3 is 2.55 bits per heavy atom. The standard InChI is InChI=1S/C18H22ClNO2/c19-16-8-6-15(7-9-16)17(21)10-11-18(22)20-13-12-14-4-2-1-3-5-14/h4,6-9H,1-3,5,10-13H2,(H,20,22). The SMILES string of the molecule is O=C(CCC(=O)c1ccc(Cl)cc1)NCCC1=CCCCC1. The second kappa shape index (κ2) is 8.74. The third-order valence-corrected chi connectivity index (χ3v) is 4.15. The van der Waals surface area contributed by atoms with Gasteiger partial charge in [0.15, 0.2) is 5.78 Å². The van der Waals surface area contributed by atoms with Crippen molar-refractivity contribution in [1.29, 1.82) is 0 Å². The van der Waals surface area contributed by atoms with Crippen LogP contribution in [0.3, 0.4) is 0 Å². The summed E-state index contributed by atoms with van der Waals surface area (Å²) >= 11 is 5.79. The number of carbonyl (C=O) groups excluding carboxylic acids is 2. The lowest BCUT2D eigenvalue weighted by molar-refractivity contribution is -0.121. The number of allylic oxidation sites excluding steroid dienone is 1. The summed E-state index contributed by atoms with van der Waals surface area (Å²) in [4.78, 5) is 23.7. The monoisotopic (exact) mass is 319 g/mol. The minimum atomic E-state index is -0.0567. The second-order valence-corrected chi connectivity index (χ2v) is 6.07. The topological polar surface area (TPSA) is 46.2 Å². The molecule has 0 spiro atoms. The van der Waals surface area contributed by atoms with Crippen LogP contribution in [0.2, 0.25) is 5.02 Å². The van der Waals surface area contributed by atoms with E-state index in [0.717, 1.165) is 12.8 Å². The average Bonchev–Trinajstić information content (AvgIpc) is 2.54. The molecule has 0 fully saturated rings. The molecule has 1 aliphatic carbocycles. The van der Waals surface area contributed by atoms with Crippen LogP contribution in [0.5, 0.6) is 0 Å². The lowest BCUT2D eigenvalue weighted by Gasteiger charge is -2.12. The van der Waals surface area contributed by atoms with Gasteiger partial charge in [-0.3, -0.25) is 9.59 Å². The highest BCUT2D eigenvalue weighted by molar-refractivity contribution is 6.30. The Labute approximate surface area is 136 Å². The molecule has 22 heavy (non-hydrogen) atoms. The maximum absolute atomic E-state index is 11.9. The molecule has 0 radical (unpaired) electrons. The third-order valence-electron chi connectivity index (χ3n) is 3.90. The fourth-order valence-corrected chi connectivity index (χ4v) is 2.72. The van der Waals surface area contributed by atoms with E-state index in [-0.39, 0.29) is 24.5 Å². The van der Waals surface area contributed by atoms with E-state index in [1.807, 2.05) is 0 Å². The Morgan fingerprint density at radius 1 is 1.09 bits per heavy atom. The van der Waals surface area contributed by atoms with Crippen molar-refractivity contribution in [3.63, 3.8) is 0 Å². The van der Waals surface area contributed by atoms with Crippen molar-refractivity contribution in [3.8, 4) is 0 Å². The first-order valence-electron chi connectivity index (χ1n) is 7.88. The predicted octanol–water partition coefficient (Wildman–Crippen LogP) is 4.31. The molecule has 0 heterocycles. The van der Waals surface area contributed by atoms with Crippen LogP contribution >= 0.6 is 11.6 Å². The molecule has 0 unspecified atom stereocenters. The van der Waals surface area contributed by atoms with Gasteiger partial charge in [0, 0.05) is 30.0 Å². The van der Waals surface area contributed by atoms with Gasteiger partial charge in [0.05, 0.1) is 0 Å². The van der Waals surface area contributed by atoms with Crippen molar-refractivity contribution in [1.82, 2.24) is 5.32 Å². The average molecular weight is 320 g/mol. The molecule has 0 atom stereocenters. The minimum absolute atomic E-state index is 0.0261. The minimum Gasteiger partial charge on any atom is -0.356 e. The number of ketones is 1. The maximum Gasteiger partial charge on any atom is 0.220 e. The molecule has 1 aromatic rings. The number of amides is 1. The molecule has 0 bridgehead atoms. The molecular formula is C18H22ClNO2. The molecule has 0 aromatic heterocycles. The quantitative estimate of drug-likeness (QED) is 0.601. The van der Waals surface area contributed by atoms with Gasteiger partial charge in [-0.15, -0.1) is 0 Å². The summed E-state index contributed by atoms with van der Waals surface area (Å²) in [5.41, 5.74) is 2.05. The number of hydrogen-bond donors (Lipinski definition) is 1. The Bertz CT molecular complexity index is 549. The van der Waals surface area contributed by atoms with Gasteiger partial charge in [-0.05, 0) is 56.4 Å². The Hall–Kier alpha value is -1.61. The van der Waals surface area contributed by atoms with Crippen molar-refractivity contribution < 1.29 is 9.59 Å². The molecule has 0 saturated heterocycles. The smallest absolute Gasteiger partial charge is 0.220 e. The molecule has 118 valence electrons. The molecule has 0 aliphatic heterocycles. The lowest BCUT2D eigenvalue weighted by Crippen LogP contribution is -2.25. The maximum atomic E-state index is 11.9. The highest BCUT2D eigenvalue weighted by Gasteiger charge is 2.09. The van der Waals surface area contributed by atoms with Crippen LogP contribution in [0, 0.1) is 0 Å². The van der Waals surface area contributed by atoms with Crippen LogP contribution < -0.4 is 5.32 Å². The first-order chi connectivity index (χ1) is 10.6. The first kappa shape index (κ1) is 16.8. The second-order valence-electron chi connectivity index (χ2n) is 5.64. The van der Waals surface area contributed by atoms with Crippen molar-refractivity contribution in [2.45, 2.75) is 44.9 Å². The number of benzene rings is 1. The van der Waals surface area contributed by atoms with Gasteiger partial charge in [0.1, 0.15) is 0 Å². The third kappa shape index (κ3) is 5.64. The van der Waals surface area contributed by atoms with Gasteiger partial charge in [0.25, 0.3) is 0 Å². The molecule has 1 aliphatic rings. The van der Waals surface area contributed by atoms with Crippen molar-refractivity contribution >= 4 is 23.3 Å². The van der Waals surface area contributed by atoms with Crippen LogP contribution in [-0.2, 0) is 4.79 Å². The highest BCUT2D eigenvalue weighted by Crippen LogP contribution is 2.19. The van der Waals surface area contributed by atoms with Crippen molar-refractivity contribution in [2.24, 2.45) is 0 Å². The van der Waals surface area contributed by atoms with Crippen molar-refractivity contribution in [2.75, 3.05) is 6.54 Å². The first-order valence-corrected chi connectivity index (χ1v) is 8.26. The largest absolute Gasteiger partial charge is 0.356 e. The van der Waals surface area contributed by atoms with E-state index in [0.29, 0.717) is 17.1 Å². The van der Waals surface area contributed by atoms with Gasteiger partial charge in [0.2, 0.25) is 5.91 Å². The van der Waals surface area contributed by atoms with Crippen LogP contribution in [0.15, 0.2) is 35.9 Å². The van der Waals surface area contributed by atoms with Gasteiger partial charge in [-0.2, -0.15) is 0 Å².